The van der Waals surface area contributed by atoms with E-state index in [0.717, 1.165) is 5.56 Å². The summed E-state index contributed by atoms with van der Waals surface area (Å²) in [4.78, 5) is 38.2. The zero-order valence-electron chi connectivity index (χ0n) is 13.5. The number of Topliss-reactive ketones (excluding diaryl/α,β-unsaturated/α-hetero) is 2. The van der Waals surface area contributed by atoms with Crippen molar-refractivity contribution < 1.29 is 19.1 Å². The predicted molar refractivity (Wildman–Crippen MR) is 88.9 cm³/mol. The van der Waals surface area contributed by atoms with Gasteiger partial charge in [0.2, 0.25) is 0 Å². The molecule has 0 radical (unpaired) electrons. The fourth-order valence-corrected chi connectivity index (χ4v) is 3.21. The molecule has 0 saturated carbocycles. The number of carbonyl (C=O) groups excluding carboxylic acids is 3. The normalized spacial score (nSPS) is 19.0. The molecule has 0 saturated heterocycles. The van der Waals surface area contributed by atoms with E-state index in [0.29, 0.717) is 11.1 Å². The summed E-state index contributed by atoms with van der Waals surface area (Å²) in [5.41, 5.74) is 0.333. The summed E-state index contributed by atoms with van der Waals surface area (Å²) in [5.74, 6) is -1.17. The second-order valence-corrected chi connectivity index (χ2v) is 5.93. The fraction of sp³-hybridized carbons (Fsp3) is 0.250. The Kier molecular flexibility index (Phi) is 4.30. The molecule has 2 aromatic carbocycles. The lowest BCUT2D eigenvalue weighted by Gasteiger charge is -2.24. The van der Waals surface area contributed by atoms with Crippen LogP contribution in [0.4, 0.5) is 0 Å². The molecule has 0 aliphatic heterocycles. The third-order valence-corrected chi connectivity index (χ3v) is 4.41. The van der Waals surface area contributed by atoms with Crippen LogP contribution in [-0.2, 0) is 16.0 Å². The van der Waals surface area contributed by atoms with Gasteiger partial charge < -0.3 is 4.74 Å². The Balaban J connectivity index is 1.98. The van der Waals surface area contributed by atoms with Gasteiger partial charge in [-0.15, -0.1) is 0 Å². The highest BCUT2D eigenvalue weighted by atomic mass is 16.5. The van der Waals surface area contributed by atoms with E-state index in [-0.39, 0.29) is 31.0 Å². The van der Waals surface area contributed by atoms with Crippen LogP contribution in [-0.4, -0.2) is 24.1 Å². The number of carbonyl (C=O) groups is 3. The molecule has 24 heavy (non-hydrogen) atoms. The van der Waals surface area contributed by atoms with E-state index in [1.807, 2.05) is 18.2 Å². The van der Waals surface area contributed by atoms with Gasteiger partial charge in [-0.1, -0.05) is 54.6 Å². The number of ether oxygens (including phenoxy) is 1. The average molecular weight is 322 g/mol. The summed E-state index contributed by atoms with van der Waals surface area (Å²) < 4.78 is 5.16. The number of benzene rings is 2. The quantitative estimate of drug-likeness (QED) is 0.482. The molecule has 4 heteroatoms. The highest BCUT2D eigenvalue weighted by Gasteiger charge is 2.53. The van der Waals surface area contributed by atoms with E-state index in [1.54, 1.807) is 43.3 Å². The molecule has 2 aromatic rings. The Morgan fingerprint density at radius 3 is 2.38 bits per heavy atom. The standard InChI is InChI=1S/C20H18O4/c1-2-24-19(23)20(13-17(21)14-8-4-3-5-9-14)12-15-10-6-7-11-16(15)18(20)22/h3-11H,2,12-13H2,1H3/t20-/m1/s1. The Morgan fingerprint density at radius 2 is 1.71 bits per heavy atom. The van der Waals surface area contributed by atoms with Crippen LogP contribution in [0.3, 0.4) is 0 Å². The topological polar surface area (TPSA) is 60.4 Å². The second-order valence-electron chi connectivity index (χ2n) is 5.93. The minimum absolute atomic E-state index is 0.170. The van der Waals surface area contributed by atoms with E-state index in [9.17, 15) is 14.4 Å². The first-order valence-corrected chi connectivity index (χ1v) is 7.96. The predicted octanol–water partition coefficient (Wildman–Crippen LogP) is 3.25. The minimum atomic E-state index is -1.45. The van der Waals surface area contributed by atoms with Crippen LogP contribution in [0.15, 0.2) is 54.6 Å². The molecule has 0 heterocycles. The van der Waals surface area contributed by atoms with Crippen LogP contribution in [0.1, 0.15) is 39.6 Å². The first kappa shape index (κ1) is 16.1. The molecule has 0 bridgehead atoms. The summed E-state index contributed by atoms with van der Waals surface area (Å²) in [7, 11) is 0. The van der Waals surface area contributed by atoms with Crippen molar-refractivity contribution in [2.45, 2.75) is 19.8 Å². The smallest absolute Gasteiger partial charge is 0.320 e. The highest BCUT2D eigenvalue weighted by molar-refractivity contribution is 6.18. The number of hydrogen-bond donors (Lipinski definition) is 0. The van der Waals surface area contributed by atoms with Crippen molar-refractivity contribution in [3.05, 3.63) is 71.3 Å². The van der Waals surface area contributed by atoms with E-state index in [4.69, 9.17) is 4.74 Å². The minimum Gasteiger partial charge on any atom is -0.465 e. The van der Waals surface area contributed by atoms with E-state index in [2.05, 4.69) is 0 Å². The van der Waals surface area contributed by atoms with Crippen molar-refractivity contribution in [2.24, 2.45) is 5.41 Å². The molecule has 0 N–H and O–H groups in total. The molecule has 1 aliphatic carbocycles. The van der Waals surface area contributed by atoms with Crippen molar-refractivity contribution in [1.82, 2.24) is 0 Å². The van der Waals surface area contributed by atoms with Crippen molar-refractivity contribution in [3.8, 4) is 0 Å². The molecule has 1 aliphatic rings. The monoisotopic (exact) mass is 322 g/mol. The summed E-state index contributed by atoms with van der Waals surface area (Å²) in [6.45, 7) is 1.86. The van der Waals surface area contributed by atoms with Crippen molar-refractivity contribution >= 4 is 17.5 Å². The van der Waals surface area contributed by atoms with Crippen LogP contribution in [0.2, 0.25) is 0 Å². The molecule has 0 spiro atoms. The van der Waals surface area contributed by atoms with Crippen LogP contribution in [0.5, 0.6) is 0 Å². The molecular weight excluding hydrogens is 304 g/mol. The third-order valence-electron chi connectivity index (χ3n) is 4.41. The van der Waals surface area contributed by atoms with Crippen molar-refractivity contribution in [1.29, 1.82) is 0 Å². The second kappa shape index (κ2) is 6.40. The van der Waals surface area contributed by atoms with E-state index in [1.165, 1.54) is 0 Å². The van der Waals surface area contributed by atoms with Gasteiger partial charge in [0, 0.05) is 17.5 Å². The Morgan fingerprint density at radius 1 is 1.04 bits per heavy atom. The molecule has 0 aromatic heterocycles. The number of ketones is 2. The highest BCUT2D eigenvalue weighted by Crippen LogP contribution is 2.41. The zero-order chi connectivity index (χ0) is 17.2. The average Bonchev–Trinajstić information content (AvgIpc) is 2.89. The van der Waals surface area contributed by atoms with Gasteiger partial charge in [-0.2, -0.15) is 0 Å². The first-order chi connectivity index (χ1) is 11.6. The van der Waals surface area contributed by atoms with Gasteiger partial charge in [-0.25, -0.2) is 0 Å². The largest absolute Gasteiger partial charge is 0.465 e. The molecule has 1 atom stereocenters. The van der Waals surface area contributed by atoms with Gasteiger partial charge in [0.15, 0.2) is 11.6 Å². The third kappa shape index (κ3) is 2.64. The molecule has 3 rings (SSSR count). The van der Waals surface area contributed by atoms with Crippen LogP contribution in [0, 0.1) is 5.41 Å². The molecule has 0 unspecified atom stereocenters. The number of hydrogen-bond acceptors (Lipinski definition) is 4. The van der Waals surface area contributed by atoms with Crippen LogP contribution >= 0.6 is 0 Å². The zero-order valence-corrected chi connectivity index (χ0v) is 13.5. The van der Waals surface area contributed by atoms with Gasteiger partial charge in [-0.3, -0.25) is 14.4 Å². The molecule has 122 valence electrons. The van der Waals surface area contributed by atoms with Crippen molar-refractivity contribution in [2.75, 3.05) is 6.61 Å². The number of esters is 1. The first-order valence-electron chi connectivity index (χ1n) is 7.96. The maximum atomic E-state index is 12.9. The van der Waals surface area contributed by atoms with Gasteiger partial charge >= 0.3 is 5.97 Å². The maximum absolute atomic E-state index is 12.9. The maximum Gasteiger partial charge on any atom is 0.320 e. The lowest BCUT2D eigenvalue weighted by Crippen LogP contribution is -2.40. The van der Waals surface area contributed by atoms with Gasteiger partial charge in [-0.05, 0) is 18.9 Å². The summed E-state index contributed by atoms with van der Waals surface area (Å²) in [6, 6.07) is 15.8. The van der Waals surface area contributed by atoms with E-state index >= 15 is 0 Å². The van der Waals surface area contributed by atoms with Crippen LogP contribution < -0.4 is 0 Å². The Hall–Kier alpha value is -2.75. The molecule has 0 amide bonds. The van der Waals surface area contributed by atoms with Crippen LogP contribution in [0.25, 0.3) is 0 Å². The Labute approximate surface area is 140 Å². The fourth-order valence-electron chi connectivity index (χ4n) is 3.21. The molecule has 0 fully saturated rings. The number of fused-ring (bicyclic) bond motifs is 1. The SMILES string of the molecule is CCOC(=O)[C@@]1(CC(=O)c2ccccc2)Cc2ccccc2C1=O. The summed E-state index contributed by atoms with van der Waals surface area (Å²) in [5, 5.41) is 0. The van der Waals surface area contributed by atoms with Crippen molar-refractivity contribution in [3.63, 3.8) is 0 Å². The van der Waals surface area contributed by atoms with Gasteiger partial charge in [0.1, 0.15) is 5.41 Å². The molecule has 4 nitrogen and oxygen atoms in total. The Bertz CT molecular complexity index is 794. The van der Waals surface area contributed by atoms with Gasteiger partial charge in [0.25, 0.3) is 0 Å². The summed E-state index contributed by atoms with van der Waals surface area (Å²) >= 11 is 0. The lowest BCUT2D eigenvalue weighted by molar-refractivity contribution is -0.151. The molecular formula is C20H18O4. The van der Waals surface area contributed by atoms with E-state index < -0.39 is 11.4 Å². The van der Waals surface area contributed by atoms with Gasteiger partial charge in [0.05, 0.1) is 6.61 Å². The number of rotatable bonds is 5. The lowest BCUT2D eigenvalue weighted by atomic mass is 9.78. The summed E-state index contributed by atoms with van der Waals surface area (Å²) in [6.07, 6.45) is 0.0305.